The van der Waals surface area contributed by atoms with Gasteiger partial charge in [-0.25, -0.2) is 9.68 Å². The van der Waals surface area contributed by atoms with Gasteiger partial charge in [-0.15, -0.1) is 0 Å². The second-order valence-electron chi connectivity index (χ2n) is 13.2. The van der Waals surface area contributed by atoms with E-state index in [2.05, 4.69) is 0 Å². The van der Waals surface area contributed by atoms with E-state index >= 15 is 0 Å². The van der Waals surface area contributed by atoms with Crippen molar-refractivity contribution in [1.82, 2.24) is 0 Å². The summed E-state index contributed by atoms with van der Waals surface area (Å²) in [4.78, 5) is 36.0. The molecule has 0 aromatic heterocycles. The molecule has 6 fully saturated rings. The summed E-state index contributed by atoms with van der Waals surface area (Å²) >= 11 is 7.09. The monoisotopic (exact) mass is 688 g/mol. The van der Waals surface area contributed by atoms with Crippen LogP contribution in [0.25, 0.3) is 6.08 Å². The number of Topliss-reactive ketones (excluding diaryl/α,β-unsaturated/α-hetero) is 1. The summed E-state index contributed by atoms with van der Waals surface area (Å²) in [5, 5.41) is 49.3. The van der Waals surface area contributed by atoms with Crippen molar-refractivity contribution in [2.45, 2.75) is 74.4 Å². The average molecular weight is 689 g/mol. The molecule has 48 heavy (non-hydrogen) atoms. The molecular formula is C34H37ClO13. The molecule has 4 bridgehead atoms. The van der Waals surface area contributed by atoms with Gasteiger partial charge in [0.2, 0.25) is 6.29 Å². The van der Waals surface area contributed by atoms with Crippen LogP contribution in [0.2, 0.25) is 5.02 Å². The van der Waals surface area contributed by atoms with Gasteiger partial charge < -0.3 is 44.5 Å². The van der Waals surface area contributed by atoms with Crippen LogP contribution < -0.4 is 9.47 Å². The molecule has 2 aromatic rings. The summed E-state index contributed by atoms with van der Waals surface area (Å²) in [5.41, 5.74) is 0.719. The molecule has 4 saturated carbocycles. The number of carboxylic acid groups (broad SMARTS) is 1. The molecule has 13 nitrogen and oxygen atoms in total. The molecule has 258 valence electrons. The number of hydrogen-bond acceptors (Lipinski definition) is 12. The Morgan fingerprint density at radius 1 is 0.979 bits per heavy atom. The zero-order chi connectivity index (χ0) is 34.0. The summed E-state index contributed by atoms with van der Waals surface area (Å²) in [6, 6.07) is 9.96. The topological polar surface area (TPSA) is 191 Å². The largest absolute Gasteiger partial charge is 0.487 e. The smallest absolute Gasteiger partial charge is 0.328 e. The van der Waals surface area contributed by atoms with Crippen molar-refractivity contribution >= 4 is 29.4 Å². The molecule has 0 radical (unpaired) electrons. The highest BCUT2D eigenvalue weighted by molar-refractivity contribution is 6.33. The highest BCUT2D eigenvalue weighted by Gasteiger charge is 2.78. The third kappa shape index (κ3) is 5.15. The van der Waals surface area contributed by atoms with Gasteiger partial charge in [0.05, 0.1) is 11.6 Å². The third-order valence-electron chi connectivity index (χ3n) is 10.7. The number of benzene rings is 2. The Hall–Kier alpha value is -3.11. The summed E-state index contributed by atoms with van der Waals surface area (Å²) < 4.78 is 23.5. The van der Waals surface area contributed by atoms with Crippen LogP contribution in [0, 0.1) is 23.7 Å². The van der Waals surface area contributed by atoms with Gasteiger partial charge in [-0.05, 0) is 61.3 Å². The van der Waals surface area contributed by atoms with Crippen LogP contribution in [0.5, 0.6) is 11.5 Å². The lowest BCUT2D eigenvalue weighted by molar-refractivity contribution is -0.644. The molecule has 6 aliphatic rings. The molecule has 2 saturated heterocycles. The van der Waals surface area contributed by atoms with E-state index < -0.39 is 54.7 Å². The Kier molecular flexibility index (Phi) is 8.80. The Balaban J connectivity index is 1.13. The fourth-order valence-electron chi connectivity index (χ4n) is 8.42. The fraction of sp³-hybridized carbons (Fsp3) is 0.529. The van der Waals surface area contributed by atoms with Crippen LogP contribution in [0.4, 0.5) is 0 Å². The van der Waals surface area contributed by atoms with E-state index in [1.54, 1.807) is 36.4 Å². The average Bonchev–Trinajstić information content (AvgIpc) is 3.06. The molecule has 2 heterocycles. The van der Waals surface area contributed by atoms with Crippen molar-refractivity contribution in [3.63, 3.8) is 0 Å². The first-order chi connectivity index (χ1) is 23.0. The maximum Gasteiger partial charge on any atom is 0.328 e. The molecule has 5 N–H and O–H groups in total. The minimum Gasteiger partial charge on any atom is -0.487 e. The van der Waals surface area contributed by atoms with Gasteiger partial charge in [0.15, 0.2) is 5.60 Å². The number of ether oxygens (including phenoxy) is 4. The van der Waals surface area contributed by atoms with Crippen molar-refractivity contribution in [2.75, 3.05) is 13.7 Å². The number of carbonyl (C=O) groups excluding carboxylic acids is 1. The number of rotatable bonds is 10. The third-order valence-corrected chi connectivity index (χ3v) is 11.1. The van der Waals surface area contributed by atoms with Gasteiger partial charge in [0.25, 0.3) is 5.79 Å². The molecule has 1 spiro atoms. The molecule has 6 atom stereocenters. The van der Waals surface area contributed by atoms with Gasteiger partial charge in [-0.2, -0.15) is 4.89 Å². The Morgan fingerprint density at radius 3 is 2.21 bits per heavy atom. The molecule has 3 unspecified atom stereocenters. The Bertz CT molecular complexity index is 1560. The summed E-state index contributed by atoms with van der Waals surface area (Å²) in [5.74, 6) is -1.60. The first kappa shape index (κ1) is 33.4. The number of hydrogen-bond donors (Lipinski definition) is 5. The van der Waals surface area contributed by atoms with Crippen molar-refractivity contribution in [3.8, 4) is 11.5 Å². The van der Waals surface area contributed by atoms with Crippen molar-refractivity contribution in [2.24, 2.45) is 23.7 Å². The number of ketones is 1. The number of aliphatic hydroxyl groups excluding tert-OH is 4. The fourth-order valence-corrected chi connectivity index (χ4v) is 8.77. The quantitative estimate of drug-likeness (QED) is 0.181. The van der Waals surface area contributed by atoms with E-state index in [4.69, 9.17) is 40.3 Å². The van der Waals surface area contributed by atoms with Gasteiger partial charge in [0, 0.05) is 36.1 Å². The lowest BCUT2D eigenvalue weighted by Crippen LogP contribution is -2.77. The molecular weight excluding hydrogens is 652 g/mol. The lowest BCUT2D eigenvalue weighted by atomic mass is 9.46. The van der Waals surface area contributed by atoms with E-state index in [1.165, 1.54) is 13.2 Å². The van der Waals surface area contributed by atoms with Crippen molar-refractivity contribution in [3.05, 3.63) is 64.2 Å². The number of aliphatic hydroxyl groups is 4. The van der Waals surface area contributed by atoms with Crippen LogP contribution in [0.3, 0.4) is 0 Å². The molecule has 8 rings (SSSR count). The predicted molar refractivity (Wildman–Crippen MR) is 164 cm³/mol. The van der Waals surface area contributed by atoms with E-state index in [9.17, 15) is 35.1 Å². The Labute approximate surface area is 280 Å². The van der Waals surface area contributed by atoms with Crippen LogP contribution in [-0.2, 0) is 41.2 Å². The summed E-state index contributed by atoms with van der Waals surface area (Å²) in [7, 11) is 1.53. The van der Waals surface area contributed by atoms with Gasteiger partial charge in [-0.3, -0.25) is 4.79 Å². The number of aliphatic carboxylic acids is 1. The van der Waals surface area contributed by atoms with E-state index in [0.29, 0.717) is 48.2 Å². The summed E-state index contributed by atoms with van der Waals surface area (Å²) in [6.45, 7) is -0.570. The zero-order valence-corrected chi connectivity index (χ0v) is 26.7. The molecule has 2 aromatic carbocycles. The minimum atomic E-state index is -1.57. The molecule has 4 aliphatic carbocycles. The first-order valence-electron chi connectivity index (χ1n) is 15.9. The predicted octanol–water partition coefficient (Wildman–Crippen LogP) is 2.33. The first-order valence-corrected chi connectivity index (χ1v) is 16.3. The van der Waals surface area contributed by atoms with Gasteiger partial charge in [0.1, 0.15) is 48.3 Å². The lowest BCUT2D eigenvalue weighted by Gasteiger charge is -2.68. The number of carboxylic acids is 1. The van der Waals surface area contributed by atoms with Crippen LogP contribution in [-0.4, -0.2) is 87.3 Å². The number of methoxy groups -OCH3 is 1. The summed E-state index contributed by atoms with van der Waals surface area (Å²) in [6.07, 6.45) is -1.95. The zero-order valence-electron chi connectivity index (χ0n) is 25.9. The molecule has 2 aliphatic heterocycles. The van der Waals surface area contributed by atoms with Gasteiger partial charge >= 0.3 is 5.97 Å². The van der Waals surface area contributed by atoms with E-state index in [1.807, 2.05) is 0 Å². The number of carbonyl (C=O) groups is 2. The van der Waals surface area contributed by atoms with Crippen molar-refractivity contribution < 1.29 is 63.8 Å². The van der Waals surface area contributed by atoms with E-state index in [-0.39, 0.29) is 46.8 Å². The standard InChI is InChI=1S/C34H37ClO13/c1-43-34(33(47-48-34)20-10-18-11-21(33)13-19(12-20)27(18)39)23-8-4-17(5-9-25(37)38)31(26(23)35)44-15-16-2-6-22(7-3-16)45-32-30(42)29(41)28(40)24(14-36)46-32/h2-9,18-21,24,28-30,32,36,40-42H,10-15H2,1H3,(H,37,38)/b9-5+/t18?,19?,20?,21?,24?,28-,29-,30?,32+,33?,34?/m0/s1. The maximum atomic E-state index is 12.8. The minimum absolute atomic E-state index is 0.0105. The maximum absolute atomic E-state index is 12.8. The number of halogens is 1. The van der Waals surface area contributed by atoms with Crippen LogP contribution in [0.1, 0.15) is 42.4 Å². The molecule has 14 heteroatoms. The van der Waals surface area contributed by atoms with Gasteiger partial charge in [-0.1, -0.05) is 35.9 Å². The SMILES string of the molecule is COC1(c2ccc(/C=C/C(=O)O)c(OCc3ccc(O[C@@H]4OC(CO)[C@H](O)[C@H](O)C4O)cc3)c2Cl)OOC12C1CC3CC2CC(C1)C3=O. The molecule has 0 amide bonds. The van der Waals surface area contributed by atoms with Crippen LogP contribution >= 0.6 is 11.6 Å². The Morgan fingerprint density at radius 2 is 1.65 bits per heavy atom. The second kappa shape index (κ2) is 12.7. The highest BCUT2D eigenvalue weighted by atomic mass is 35.5. The normalized spacial score (nSPS) is 38.4. The highest BCUT2D eigenvalue weighted by Crippen LogP contribution is 2.69. The van der Waals surface area contributed by atoms with Crippen molar-refractivity contribution in [1.29, 1.82) is 0 Å². The second-order valence-corrected chi connectivity index (χ2v) is 13.6. The van der Waals surface area contributed by atoms with E-state index in [0.717, 1.165) is 6.08 Å². The van der Waals surface area contributed by atoms with Crippen LogP contribution in [0.15, 0.2) is 42.5 Å².